The summed E-state index contributed by atoms with van der Waals surface area (Å²) in [4.78, 5) is 17.4. The Balaban J connectivity index is 1.63. The number of carbonyl (C=O) groups is 1. The van der Waals surface area contributed by atoms with Gasteiger partial charge in [-0.3, -0.25) is 9.48 Å². The second kappa shape index (κ2) is 7.53. The summed E-state index contributed by atoms with van der Waals surface area (Å²) >= 11 is 6.14. The molecule has 0 spiro atoms. The summed E-state index contributed by atoms with van der Waals surface area (Å²) in [5, 5.41) is 12.0. The number of anilines is 1. The number of hydrogen-bond acceptors (Lipinski definition) is 4. The van der Waals surface area contributed by atoms with Crippen LogP contribution in [0.3, 0.4) is 0 Å². The minimum Gasteiger partial charge on any atom is -0.319 e. The number of nitrogens with zero attached hydrogens (tertiary/aromatic N) is 5. The van der Waals surface area contributed by atoms with Gasteiger partial charge in [-0.15, -0.1) is 0 Å². The Morgan fingerprint density at radius 1 is 1.20 bits per heavy atom. The van der Waals surface area contributed by atoms with Crippen LogP contribution in [0.15, 0.2) is 30.5 Å². The molecule has 0 fully saturated rings. The van der Waals surface area contributed by atoms with Gasteiger partial charge in [0.1, 0.15) is 11.4 Å². The number of benzene rings is 1. The van der Waals surface area contributed by atoms with Crippen molar-refractivity contribution in [3.8, 4) is 0 Å². The van der Waals surface area contributed by atoms with Crippen molar-refractivity contribution in [1.29, 1.82) is 0 Å². The molecule has 1 aromatic carbocycles. The van der Waals surface area contributed by atoms with Crippen molar-refractivity contribution in [2.24, 2.45) is 0 Å². The van der Waals surface area contributed by atoms with Crippen molar-refractivity contribution in [2.45, 2.75) is 34.2 Å². The van der Waals surface area contributed by atoms with E-state index in [-0.39, 0.29) is 5.91 Å². The van der Waals surface area contributed by atoms with Gasteiger partial charge in [-0.25, -0.2) is 13.9 Å². The maximum atomic E-state index is 13.3. The first-order valence-corrected chi connectivity index (χ1v) is 9.73. The average Bonchev–Trinajstić information content (AvgIpc) is 3.20. The van der Waals surface area contributed by atoms with Crippen LogP contribution in [0.5, 0.6) is 0 Å². The predicted octanol–water partition coefficient (Wildman–Crippen LogP) is 4.25. The van der Waals surface area contributed by atoms with Gasteiger partial charge in [0.25, 0.3) is 5.91 Å². The van der Waals surface area contributed by atoms with Crippen molar-refractivity contribution < 1.29 is 9.18 Å². The lowest BCUT2D eigenvalue weighted by atomic mass is 10.2. The van der Waals surface area contributed by atoms with Crippen molar-refractivity contribution in [1.82, 2.24) is 24.4 Å². The van der Waals surface area contributed by atoms with E-state index in [1.807, 2.05) is 33.8 Å². The smallest absolute Gasteiger partial charge is 0.261 e. The SMILES string of the molecule is Cc1cc(C)n2ncc(C(=O)Nc3c(C)nn(Cc4ccc(F)cc4Cl)c3C)c2n1. The number of carbonyl (C=O) groups excluding carboxylic acids is 1. The fraction of sp³-hybridized carbons (Fsp3) is 0.238. The molecule has 4 rings (SSSR count). The monoisotopic (exact) mass is 426 g/mol. The highest BCUT2D eigenvalue weighted by Gasteiger charge is 2.20. The molecular weight excluding hydrogens is 407 g/mol. The molecule has 0 saturated heterocycles. The normalized spacial score (nSPS) is 11.3. The van der Waals surface area contributed by atoms with Crippen molar-refractivity contribution in [3.05, 3.63) is 75.2 Å². The Morgan fingerprint density at radius 3 is 2.70 bits per heavy atom. The maximum Gasteiger partial charge on any atom is 0.261 e. The Bertz CT molecular complexity index is 1290. The highest BCUT2D eigenvalue weighted by Crippen LogP contribution is 2.24. The van der Waals surface area contributed by atoms with Gasteiger partial charge < -0.3 is 5.32 Å². The van der Waals surface area contributed by atoms with E-state index in [1.54, 1.807) is 15.3 Å². The van der Waals surface area contributed by atoms with E-state index in [9.17, 15) is 9.18 Å². The lowest BCUT2D eigenvalue weighted by molar-refractivity contribution is 0.102. The summed E-state index contributed by atoms with van der Waals surface area (Å²) in [5.74, 6) is -0.703. The van der Waals surface area contributed by atoms with Gasteiger partial charge >= 0.3 is 0 Å². The molecule has 0 aliphatic carbocycles. The molecule has 0 saturated carbocycles. The van der Waals surface area contributed by atoms with Gasteiger partial charge in [-0.05, 0) is 51.5 Å². The van der Waals surface area contributed by atoms with Crippen molar-refractivity contribution >= 4 is 28.8 Å². The highest BCUT2D eigenvalue weighted by molar-refractivity contribution is 6.31. The molecule has 3 heterocycles. The van der Waals surface area contributed by atoms with Gasteiger partial charge in [0, 0.05) is 16.4 Å². The third-order valence-corrected chi connectivity index (χ3v) is 5.33. The summed E-state index contributed by atoms with van der Waals surface area (Å²) in [6.07, 6.45) is 1.51. The maximum absolute atomic E-state index is 13.3. The van der Waals surface area contributed by atoms with Gasteiger partial charge in [-0.2, -0.15) is 10.2 Å². The molecule has 0 aliphatic heterocycles. The first-order valence-electron chi connectivity index (χ1n) is 9.36. The molecule has 0 atom stereocenters. The first kappa shape index (κ1) is 20.0. The molecule has 0 bridgehead atoms. The number of fused-ring (bicyclic) bond motifs is 1. The van der Waals surface area contributed by atoms with E-state index in [2.05, 4.69) is 20.5 Å². The number of rotatable bonds is 4. The van der Waals surface area contributed by atoms with Crippen LogP contribution < -0.4 is 5.32 Å². The van der Waals surface area contributed by atoms with Crippen LogP contribution in [0.1, 0.15) is 38.7 Å². The zero-order chi connectivity index (χ0) is 21.6. The molecule has 3 aromatic heterocycles. The fourth-order valence-corrected chi connectivity index (χ4v) is 3.68. The van der Waals surface area contributed by atoms with Crippen LogP contribution in [-0.4, -0.2) is 30.3 Å². The lowest BCUT2D eigenvalue weighted by Gasteiger charge is -2.08. The molecule has 154 valence electrons. The fourth-order valence-electron chi connectivity index (χ4n) is 3.45. The van der Waals surface area contributed by atoms with Crippen LogP contribution in [0, 0.1) is 33.5 Å². The Kier molecular flexibility index (Phi) is 5.03. The van der Waals surface area contributed by atoms with E-state index < -0.39 is 5.82 Å². The van der Waals surface area contributed by atoms with Crippen molar-refractivity contribution in [2.75, 3.05) is 5.32 Å². The predicted molar refractivity (Wildman–Crippen MR) is 113 cm³/mol. The van der Waals surface area contributed by atoms with Crippen LogP contribution in [0.2, 0.25) is 5.02 Å². The van der Waals surface area contributed by atoms with E-state index in [0.29, 0.717) is 34.2 Å². The second-order valence-electron chi connectivity index (χ2n) is 7.23. The van der Waals surface area contributed by atoms with E-state index in [0.717, 1.165) is 22.6 Å². The molecule has 0 unspecified atom stereocenters. The second-order valence-corrected chi connectivity index (χ2v) is 7.63. The van der Waals surface area contributed by atoms with E-state index in [1.165, 1.54) is 18.3 Å². The topological polar surface area (TPSA) is 77.1 Å². The van der Waals surface area contributed by atoms with Crippen molar-refractivity contribution in [3.63, 3.8) is 0 Å². The lowest BCUT2D eigenvalue weighted by Crippen LogP contribution is -2.14. The number of halogens is 2. The third-order valence-electron chi connectivity index (χ3n) is 4.98. The van der Waals surface area contributed by atoms with Gasteiger partial charge in [0.2, 0.25) is 0 Å². The van der Waals surface area contributed by atoms with Crippen LogP contribution >= 0.6 is 11.6 Å². The zero-order valence-electron chi connectivity index (χ0n) is 17.0. The van der Waals surface area contributed by atoms with Gasteiger partial charge in [-0.1, -0.05) is 17.7 Å². The number of aryl methyl sites for hydroxylation is 3. The molecule has 1 N–H and O–H groups in total. The standard InChI is InChI=1S/C21H20ClFN6O/c1-11-7-12(2)29-20(25-11)17(9-24-29)21(30)26-19-13(3)27-28(14(19)4)10-15-5-6-16(23)8-18(15)22/h5-9H,10H2,1-4H3,(H,26,30). The Labute approximate surface area is 177 Å². The molecule has 0 radical (unpaired) electrons. The molecule has 30 heavy (non-hydrogen) atoms. The quantitative estimate of drug-likeness (QED) is 0.529. The van der Waals surface area contributed by atoms with E-state index >= 15 is 0 Å². The minimum atomic E-state index is -0.391. The molecule has 7 nitrogen and oxygen atoms in total. The number of aromatic nitrogens is 5. The summed E-state index contributed by atoms with van der Waals surface area (Å²) in [6, 6.07) is 6.16. The molecular formula is C21H20ClFN6O. The molecule has 4 aromatic rings. The van der Waals surface area contributed by atoms with E-state index in [4.69, 9.17) is 11.6 Å². The molecule has 1 amide bonds. The number of amides is 1. The number of hydrogen-bond donors (Lipinski definition) is 1. The van der Waals surface area contributed by atoms with Gasteiger partial charge in [0.05, 0.1) is 29.8 Å². The zero-order valence-corrected chi connectivity index (χ0v) is 17.8. The Morgan fingerprint density at radius 2 is 1.97 bits per heavy atom. The molecule has 9 heteroatoms. The summed E-state index contributed by atoms with van der Waals surface area (Å²) in [6.45, 7) is 7.82. The summed E-state index contributed by atoms with van der Waals surface area (Å²) in [7, 11) is 0. The third kappa shape index (κ3) is 3.54. The molecule has 0 aliphatic rings. The van der Waals surface area contributed by atoms with Crippen LogP contribution in [0.25, 0.3) is 5.65 Å². The first-order chi connectivity index (χ1) is 14.2. The summed E-state index contributed by atoms with van der Waals surface area (Å²) in [5.41, 5.74) is 5.37. The highest BCUT2D eigenvalue weighted by atomic mass is 35.5. The minimum absolute atomic E-state index is 0.312. The Hall–Kier alpha value is -3.26. The van der Waals surface area contributed by atoms with Crippen LogP contribution in [-0.2, 0) is 6.54 Å². The average molecular weight is 427 g/mol. The largest absolute Gasteiger partial charge is 0.319 e. The number of nitrogens with one attached hydrogen (secondary N) is 1. The van der Waals surface area contributed by atoms with Gasteiger partial charge in [0.15, 0.2) is 5.65 Å². The summed E-state index contributed by atoms with van der Waals surface area (Å²) < 4.78 is 16.7. The van der Waals surface area contributed by atoms with Crippen LogP contribution in [0.4, 0.5) is 10.1 Å².